The minimum atomic E-state index is 0.156. The molecule has 0 saturated carbocycles. The minimum Gasteiger partial charge on any atom is -0.497 e. The van der Waals surface area contributed by atoms with Crippen molar-refractivity contribution in [2.24, 2.45) is 0 Å². The van der Waals surface area contributed by atoms with Gasteiger partial charge in [-0.15, -0.1) is 11.3 Å². The zero-order valence-electron chi connectivity index (χ0n) is 11.4. The first-order chi connectivity index (χ1) is 9.71. The third-order valence-corrected chi connectivity index (χ3v) is 4.53. The van der Waals surface area contributed by atoms with E-state index in [0.717, 1.165) is 39.8 Å². The fourth-order valence-electron chi connectivity index (χ4n) is 2.32. The van der Waals surface area contributed by atoms with Crippen LogP contribution in [0.25, 0.3) is 10.6 Å². The second-order valence-corrected chi connectivity index (χ2v) is 5.75. The number of fused-ring (bicyclic) bond motifs is 1. The molecule has 0 atom stereocenters. The number of rotatable bonds is 3. The molecular formula is C15H15NO3S. The van der Waals surface area contributed by atoms with E-state index < -0.39 is 0 Å². The largest absolute Gasteiger partial charge is 0.497 e. The molecule has 1 heterocycles. The average Bonchev–Trinajstić information content (AvgIpc) is 2.92. The zero-order valence-corrected chi connectivity index (χ0v) is 12.3. The molecule has 0 aliphatic heterocycles. The first kappa shape index (κ1) is 13.1. The second kappa shape index (κ2) is 5.25. The number of ketones is 1. The van der Waals surface area contributed by atoms with Crippen LogP contribution in [0.1, 0.15) is 28.2 Å². The van der Waals surface area contributed by atoms with E-state index in [4.69, 9.17) is 9.47 Å². The molecule has 0 bridgehead atoms. The number of hydrogen-bond donors (Lipinski definition) is 0. The average molecular weight is 289 g/mol. The molecule has 0 radical (unpaired) electrons. The number of thiazole rings is 1. The van der Waals surface area contributed by atoms with Gasteiger partial charge in [-0.1, -0.05) is 0 Å². The third kappa shape index (κ3) is 2.29. The Balaban J connectivity index is 2.07. The number of methoxy groups -OCH3 is 2. The summed E-state index contributed by atoms with van der Waals surface area (Å²) in [6.07, 6.45) is 2.48. The highest BCUT2D eigenvalue weighted by Crippen LogP contribution is 2.36. The molecule has 104 valence electrons. The van der Waals surface area contributed by atoms with Gasteiger partial charge in [0.15, 0.2) is 5.78 Å². The van der Waals surface area contributed by atoms with Gasteiger partial charge in [-0.05, 0) is 25.0 Å². The van der Waals surface area contributed by atoms with Crippen molar-refractivity contribution < 1.29 is 14.3 Å². The van der Waals surface area contributed by atoms with Gasteiger partial charge in [0.05, 0.1) is 14.2 Å². The van der Waals surface area contributed by atoms with E-state index in [9.17, 15) is 4.79 Å². The van der Waals surface area contributed by atoms with Crippen molar-refractivity contribution >= 4 is 17.1 Å². The van der Waals surface area contributed by atoms with Gasteiger partial charge in [0, 0.05) is 22.9 Å². The number of aryl methyl sites for hydroxylation is 1. The van der Waals surface area contributed by atoms with Crippen LogP contribution in [0.3, 0.4) is 0 Å². The monoisotopic (exact) mass is 289 g/mol. The van der Waals surface area contributed by atoms with Gasteiger partial charge in [0.25, 0.3) is 0 Å². The van der Waals surface area contributed by atoms with Crippen LogP contribution in [0.15, 0.2) is 18.2 Å². The normalized spacial score (nSPS) is 14.0. The Morgan fingerprint density at radius 2 is 1.80 bits per heavy atom. The van der Waals surface area contributed by atoms with Gasteiger partial charge >= 0.3 is 0 Å². The van der Waals surface area contributed by atoms with Crippen LogP contribution in [-0.4, -0.2) is 25.0 Å². The molecule has 0 unspecified atom stereocenters. The smallest absolute Gasteiger partial charge is 0.182 e. The molecular weight excluding hydrogens is 274 g/mol. The van der Waals surface area contributed by atoms with Crippen LogP contribution in [0.5, 0.6) is 11.5 Å². The molecule has 1 aromatic carbocycles. The standard InChI is InChI=1S/C15H15NO3S/c1-18-10-6-9(7-11(8-10)19-2)15-16-14-12(17)4-3-5-13(14)20-15/h6-8H,3-5H2,1-2H3. The number of aromatic nitrogens is 1. The summed E-state index contributed by atoms with van der Waals surface area (Å²) >= 11 is 1.59. The third-order valence-electron chi connectivity index (χ3n) is 3.37. The highest BCUT2D eigenvalue weighted by atomic mass is 32.1. The Bertz CT molecular complexity index is 641. The van der Waals surface area contributed by atoms with Crippen LogP contribution in [-0.2, 0) is 6.42 Å². The van der Waals surface area contributed by atoms with E-state index >= 15 is 0 Å². The summed E-state index contributed by atoms with van der Waals surface area (Å²) in [5.74, 6) is 1.60. The van der Waals surface area contributed by atoms with Crippen molar-refractivity contribution in [3.05, 3.63) is 28.8 Å². The van der Waals surface area contributed by atoms with E-state index in [1.807, 2.05) is 18.2 Å². The van der Waals surface area contributed by atoms with Crippen LogP contribution in [0, 0.1) is 0 Å². The Morgan fingerprint density at radius 3 is 2.40 bits per heavy atom. The predicted molar refractivity (Wildman–Crippen MR) is 77.9 cm³/mol. The van der Waals surface area contributed by atoms with Crippen LogP contribution < -0.4 is 9.47 Å². The second-order valence-electron chi connectivity index (χ2n) is 4.67. The van der Waals surface area contributed by atoms with Crippen molar-refractivity contribution in [2.75, 3.05) is 14.2 Å². The summed E-state index contributed by atoms with van der Waals surface area (Å²) in [7, 11) is 3.24. The van der Waals surface area contributed by atoms with E-state index in [1.54, 1.807) is 25.6 Å². The lowest BCUT2D eigenvalue weighted by atomic mass is 10.0. The van der Waals surface area contributed by atoms with E-state index in [1.165, 1.54) is 0 Å². The van der Waals surface area contributed by atoms with Gasteiger partial charge in [-0.3, -0.25) is 4.79 Å². The quantitative estimate of drug-likeness (QED) is 0.869. The lowest BCUT2D eigenvalue weighted by Gasteiger charge is -2.06. The fraction of sp³-hybridized carbons (Fsp3) is 0.333. The van der Waals surface area contributed by atoms with Gasteiger partial charge in [0.2, 0.25) is 0 Å². The number of Topliss-reactive ketones (excluding diaryl/α,β-unsaturated/α-hetero) is 1. The molecule has 1 aliphatic rings. The van der Waals surface area contributed by atoms with Crippen LogP contribution >= 0.6 is 11.3 Å². The predicted octanol–water partition coefficient (Wildman–Crippen LogP) is 3.35. The molecule has 0 N–H and O–H groups in total. The maximum atomic E-state index is 11.9. The summed E-state index contributed by atoms with van der Waals surface area (Å²) in [6, 6.07) is 5.65. The highest BCUT2D eigenvalue weighted by molar-refractivity contribution is 7.15. The molecule has 20 heavy (non-hydrogen) atoms. The fourth-order valence-corrected chi connectivity index (χ4v) is 3.43. The first-order valence-corrected chi connectivity index (χ1v) is 7.29. The molecule has 5 heteroatoms. The Labute approximate surface area is 121 Å². The summed E-state index contributed by atoms with van der Waals surface area (Å²) in [5, 5.41) is 0.849. The zero-order chi connectivity index (χ0) is 14.1. The Morgan fingerprint density at radius 1 is 1.10 bits per heavy atom. The molecule has 0 fully saturated rings. The van der Waals surface area contributed by atoms with Crippen molar-refractivity contribution in [1.29, 1.82) is 0 Å². The SMILES string of the molecule is COc1cc(OC)cc(-c2nc3c(s2)CCCC3=O)c1. The molecule has 0 amide bonds. The number of carbonyl (C=O) groups excluding carboxylic acids is 1. The summed E-state index contributed by atoms with van der Waals surface area (Å²) in [4.78, 5) is 17.5. The van der Waals surface area contributed by atoms with E-state index in [2.05, 4.69) is 4.98 Å². The lowest BCUT2D eigenvalue weighted by Crippen LogP contribution is -2.08. The summed E-state index contributed by atoms with van der Waals surface area (Å²) < 4.78 is 10.5. The Kier molecular flexibility index (Phi) is 3.44. The lowest BCUT2D eigenvalue weighted by molar-refractivity contribution is 0.0968. The van der Waals surface area contributed by atoms with Crippen LogP contribution in [0.2, 0.25) is 0 Å². The number of benzene rings is 1. The number of ether oxygens (including phenoxy) is 2. The van der Waals surface area contributed by atoms with Crippen molar-refractivity contribution in [1.82, 2.24) is 4.98 Å². The maximum absolute atomic E-state index is 11.9. The molecule has 2 aromatic rings. The van der Waals surface area contributed by atoms with Gasteiger partial charge in [-0.2, -0.15) is 0 Å². The van der Waals surface area contributed by atoms with Crippen molar-refractivity contribution in [3.63, 3.8) is 0 Å². The number of hydrogen-bond acceptors (Lipinski definition) is 5. The Hall–Kier alpha value is -1.88. The van der Waals surface area contributed by atoms with Gasteiger partial charge in [0.1, 0.15) is 22.2 Å². The minimum absolute atomic E-state index is 0.156. The highest BCUT2D eigenvalue weighted by Gasteiger charge is 2.23. The van der Waals surface area contributed by atoms with Crippen LogP contribution in [0.4, 0.5) is 0 Å². The molecule has 1 aromatic heterocycles. The maximum Gasteiger partial charge on any atom is 0.182 e. The molecule has 4 nitrogen and oxygen atoms in total. The van der Waals surface area contributed by atoms with E-state index in [-0.39, 0.29) is 5.78 Å². The molecule has 3 rings (SSSR count). The molecule has 1 aliphatic carbocycles. The topological polar surface area (TPSA) is 48.4 Å². The van der Waals surface area contributed by atoms with Crippen molar-refractivity contribution in [3.8, 4) is 22.1 Å². The number of nitrogens with zero attached hydrogens (tertiary/aromatic N) is 1. The molecule has 0 saturated heterocycles. The van der Waals surface area contributed by atoms with E-state index in [0.29, 0.717) is 12.1 Å². The first-order valence-electron chi connectivity index (χ1n) is 6.47. The molecule has 0 spiro atoms. The summed E-state index contributed by atoms with van der Waals surface area (Å²) in [5.41, 5.74) is 1.58. The van der Waals surface area contributed by atoms with Gasteiger partial charge in [-0.25, -0.2) is 4.98 Å². The van der Waals surface area contributed by atoms with Crippen molar-refractivity contribution in [2.45, 2.75) is 19.3 Å². The number of carbonyl (C=O) groups is 1. The van der Waals surface area contributed by atoms with Gasteiger partial charge < -0.3 is 9.47 Å². The summed E-state index contributed by atoms with van der Waals surface area (Å²) in [6.45, 7) is 0.